The summed E-state index contributed by atoms with van der Waals surface area (Å²) in [6, 6.07) is -0.310. The van der Waals surface area contributed by atoms with E-state index in [-0.39, 0.29) is 31.4 Å². The monoisotopic (exact) mass is 735 g/mol. The summed E-state index contributed by atoms with van der Waals surface area (Å²) in [6.45, 7) is 16.7. The largest absolute Gasteiger partial charge is 0.459 e. The minimum absolute atomic E-state index is 0.0362. The Morgan fingerprint density at radius 2 is 1.47 bits per heavy atom. The Hall–Kier alpha value is -1.01. The standard InChI is InChI=1S/C37H69NO13/c1-14-25-37(10,45)30(41)20(4)27(39)18(2)16-35(8,44)32(51-34-28(40)24(38(11)12)15-19(3)47-34)21(5)29(22(6)33(43)49-25)50-26-17-36(9,46-13)31(42)23(7)48-26/h18-32,34,39-42,44-45H,14-17H2,1-13H3/t18-,19-,20+,21+,22-,23+,24+,25-,26+,27+,28-,29+,30-,31+,32-,34+,35?,36-,37-/m1/s1. The topological polar surface area (TPSA) is 197 Å². The van der Waals surface area contributed by atoms with E-state index in [0.717, 1.165) is 0 Å². The zero-order chi connectivity index (χ0) is 39.0. The summed E-state index contributed by atoms with van der Waals surface area (Å²) in [5, 5.41) is 69.3. The van der Waals surface area contributed by atoms with Crippen LogP contribution in [0.25, 0.3) is 0 Å². The van der Waals surface area contributed by atoms with Crippen molar-refractivity contribution in [2.75, 3.05) is 21.2 Å². The number of aliphatic hydroxyl groups excluding tert-OH is 4. The number of likely N-dealkylation sites (N-methyl/N-ethyl adjacent to an activating group) is 1. The molecule has 0 radical (unpaired) electrons. The van der Waals surface area contributed by atoms with Crippen molar-refractivity contribution >= 4 is 5.97 Å². The summed E-state index contributed by atoms with van der Waals surface area (Å²) in [7, 11) is 5.20. The van der Waals surface area contributed by atoms with E-state index in [1.54, 1.807) is 55.4 Å². The lowest BCUT2D eigenvalue weighted by atomic mass is 9.73. The van der Waals surface area contributed by atoms with Crippen LogP contribution < -0.4 is 0 Å². The summed E-state index contributed by atoms with van der Waals surface area (Å²) in [5.41, 5.74) is -4.71. The summed E-state index contributed by atoms with van der Waals surface area (Å²) >= 11 is 0. The third-order valence-electron chi connectivity index (χ3n) is 12.0. The lowest BCUT2D eigenvalue weighted by Gasteiger charge is -2.49. The van der Waals surface area contributed by atoms with E-state index < -0.39 is 108 Å². The molecule has 3 aliphatic rings. The van der Waals surface area contributed by atoms with Crippen LogP contribution in [-0.2, 0) is 33.2 Å². The fourth-order valence-corrected chi connectivity index (χ4v) is 8.59. The Labute approximate surface area is 304 Å². The molecule has 0 aromatic rings. The highest BCUT2D eigenvalue weighted by Crippen LogP contribution is 2.41. The number of ether oxygens (including phenoxy) is 6. The van der Waals surface area contributed by atoms with Crippen molar-refractivity contribution in [2.45, 2.75) is 185 Å². The molecule has 3 rings (SSSR count). The molecular formula is C37H69NO13. The molecule has 14 nitrogen and oxygen atoms in total. The predicted molar refractivity (Wildman–Crippen MR) is 187 cm³/mol. The van der Waals surface area contributed by atoms with Gasteiger partial charge in [-0.05, 0) is 80.8 Å². The molecule has 300 valence electrons. The number of esters is 1. The molecular weight excluding hydrogens is 666 g/mol. The van der Waals surface area contributed by atoms with Crippen LogP contribution in [0.3, 0.4) is 0 Å². The molecule has 0 aromatic carbocycles. The van der Waals surface area contributed by atoms with Gasteiger partial charge in [-0.15, -0.1) is 0 Å². The molecule has 0 saturated carbocycles. The molecule has 0 aliphatic carbocycles. The fraction of sp³-hybridized carbons (Fsp3) is 0.973. The van der Waals surface area contributed by atoms with Gasteiger partial charge >= 0.3 is 5.97 Å². The average Bonchev–Trinajstić information content (AvgIpc) is 3.05. The van der Waals surface area contributed by atoms with Crippen molar-refractivity contribution in [3.63, 3.8) is 0 Å². The SMILES string of the molecule is CC[C@H]1OC(=O)[C@H](C)[C@@H](O[C@H]2C[C@@](C)(OC)[C@@H](O)[C@H](C)O2)[C@H](C)[C@@H](O[C@@H]2O[C@H](C)C[C@H](N(C)C)[C@H]2O)C(C)(O)C[C@@H](C)[C@H](O)[C@H](C)[C@@H](O)[C@]1(C)O. The average molecular weight is 736 g/mol. The van der Waals surface area contributed by atoms with Gasteiger partial charge in [-0.1, -0.05) is 27.7 Å². The Morgan fingerprint density at radius 3 is 2.02 bits per heavy atom. The Balaban J connectivity index is 2.18. The number of nitrogens with zero attached hydrogens (tertiary/aromatic N) is 1. The second-order valence-corrected chi connectivity index (χ2v) is 16.7. The molecule has 0 aromatic heterocycles. The minimum Gasteiger partial charge on any atom is -0.459 e. The van der Waals surface area contributed by atoms with Crippen LogP contribution in [0.2, 0.25) is 0 Å². The number of aliphatic hydroxyl groups is 6. The smallest absolute Gasteiger partial charge is 0.311 e. The first-order chi connectivity index (χ1) is 23.4. The van der Waals surface area contributed by atoms with Gasteiger partial charge in [0.1, 0.15) is 23.9 Å². The van der Waals surface area contributed by atoms with Gasteiger partial charge in [0.15, 0.2) is 12.6 Å². The Bertz CT molecular complexity index is 1120. The maximum atomic E-state index is 14.1. The molecule has 6 N–H and O–H groups in total. The van der Waals surface area contributed by atoms with Gasteiger partial charge in [0.2, 0.25) is 0 Å². The maximum Gasteiger partial charge on any atom is 0.311 e. The van der Waals surface area contributed by atoms with Gasteiger partial charge in [0.25, 0.3) is 0 Å². The van der Waals surface area contributed by atoms with Crippen LogP contribution in [0.15, 0.2) is 0 Å². The molecule has 3 saturated heterocycles. The first kappa shape index (κ1) is 44.4. The Morgan fingerprint density at radius 1 is 0.863 bits per heavy atom. The minimum atomic E-state index is -1.93. The van der Waals surface area contributed by atoms with Gasteiger partial charge in [-0.2, -0.15) is 0 Å². The van der Waals surface area contributed by atoms with Crippen molar-refractivity contribution in [3.8, 4) is 0 Å². The van der Waals surface area contributed by atoms with Crippen molar-refractivity contribution in [2.24, 2.45) is 23.7 Å². The number of methoxy groups -OCH3 is 1. The number of rotatable bonds is 7. The van der Waals surface area contributed by atoms with Crippen LogP contribution in [0.4, 0.5) is 0 Å². The molecule has 3 aliphatic heterocycles. The van der Waals surface area contributed by atoms with Crippen molar-refractivity contribution in [1.29, 1.82) is 0 Å². The fourth-order valence-electron chi connectivity index (χ4n) is 8.59. The Kier molecular flexibility index (Phi) is 15.0. The van der Waals surface area contributed by atoms with E-state index in [1.165, 1.54) is 14.0 Å². The molecule has 14 heteroatoms. The predicted octanol–water partition coefficient (Wildman–Crippen LogP) is 1.58. The van der Waals surface area contributed by atoms with Gasteiger partial charge in [0.05, 0.1) is 53.7 Å². The zero-order valence-corrected chi connectivity index (χ0v) is 33.1. The van der Waals surface area contributed by atoms with Crippen molar-refractivity contribution in [1.82, 2.24) is 4.90 Å². The molecule has 51 heavy (non-hydrogen) atoms. The van der Waals surface area contributed by atoms with Crippen LogP contribution in [0, 0.1) is 23.7 Å². The van der Waals surface area contributed by atoms with Gasteiger partial charge < -0.3 is 64.0 Å². The zero-order valence-electron chi connectivity index (χ0n) is 33.1. The number of carbonyl (C=O) groups is 1. The van der Waals surface area contributed by atoms with Gasteiger partial charge in [0, 0.05) is 31.4 Å². The third kappa shape index (κ3) is 9.63. The first-order valence-electron chi connectivity index (χ1n) is 18.6. The van der Waals surface area contributed by atoms with E-state index in [4.69, 9.17) is 28.4 Å². The lowest BCUT2D eigenvalue weighted by molar-refractivity contribution is -0.318. The molecule has 0 spiro atoms. The second-order valence-electron chi connectivity index (χ2n) is 16.7. The second kappa shape index (κ2) is 17.2. The summed E-state index contributed by atoms with van der Waals surface area (Å²) < 4.78 is 37.2. The quantitative estimate of drug-likeness (QED) is 0.206. The molecule has 0 amide bonds. The molecule has 0 bridgehead atoms. The van der Waals surface area contributed by atoms with Crippen LogP contribution in [0.1, 0.15) is 94.9 Å². The van der Waals surface area contributed by atoms with E-state index in [0.29, 0.717) is 6.42 Å². The van der Waals surface area contributed by atoms with Gasteiger partial charge in [-0.25, -0.2) is 0 Å². The van der Waals surface area contributed by atoms with E-state index in [9.17, 15) is 35.4 Å². The van der Waals surface area contributed by atoms with E-state index in [1.807, 2.05) is 25.9 Å². The molecule has 3 heterocycles. The molecule has 1 unspecified atom stereocenters. The highest BCUT2D eigenvalue weighted by Gasteiger charge is 2.53. The van der Waals surface area contributed by atoms with Crippen molar-refractivity contribution in [3.05, 3.63) is 0 Å². The summed E-state index contributed by atoms with van der Waals surface area (Å²) in [6.07, 6.45) is -10.5. The number of carbonyl (C=O) groups excluding carboxylic acids is 1. The number of cyclic esters (lactones) is 1. The highest BCUT2D eigenvalue weighted by atomic mass is 16.7. The maximum absolute atomic E-state index is 14.1. The number of hydrogen-bond acceptors (Lipinski definition) is 14. The van der Waals surface area contributed by atoms with Crippen LogP contribution in [-0.4, -0.2) is 153 Å². The first-order valence-corrected chi connectivity index (χ1v) is 18.6. The highest BCUT2D eigenvalue weighted by molar-refractivity contribution is 5.73. The normalized spacial score (nSPS) is 51.2. The number of hydrogen-bond donors (Lipinski definition) is 6. The third-order valence-corrected chi connectivity index (χ3v) is 12.0. The van der Waals surface area contributed by atoms with Crippen LogP contribution >= 0.6 is 0 Å². The lowest BCUT2D eigenvalue weighted by Crippen LogP contribution is -2.61. The summed E-state index contributed by atoms with van der Waals surface area (Å²) in [5.74, 6) is -4.11. The molecule has 3 fully saturated rings. The summed E-state index contributed by atoms with van der Waals surface area (Å²) in [4.78, 5) is 16.0. The van der Waals surface area contributed by atoms with Gasteiger partial charge in [-0.3, -0.25) is 4.79 Å². The molecule has 19 atom stereocenters. The van der Waals surface area contributed by atoms with Crippen LogP contribution in [0.5, 0.6) is 0 Å². The van der Waals surface area contributed by atoms with E-state index in [2.05, 4.69) is 0 Å². The van der Waals surface area contributed by atoms with E-state index >= 15 is 0 Å². The van der Waals surface area contributed by atoms with Crippen molar-refractivity contribution < 1.29 is 63.9 Å².